The molecular formula is C22H25F3N4O2. The molecule has 2 unspecified atom stereocenters. The van der Waals surface area contributed by atoms with Crippen LogP contribution in [-0.4, -0.2) is 39.7 Å². The molecule has 3 aliphatic rings. The van der Waals surface area contributed by atoms with Crippen LogP contribution in [0.1, 0.15) is 57.4 Å². The van der Waals surface area contributed by atoms with E-state index in [2.05, 4.69) is 10.1 Å². The highest BCUT2D eigenvalue weighted by Crippen LogP contribution is 2.48. The Morgan fingerprint density at radius 3 is 2.65 bits per heavy atom. The predicted octanol–water partition coefficient (Wildman–Crippen LogP) is 3.71. The summed E-state index contributed by atoms with van der Waals surface area (Å²) in [5, 5.41) is 15.2. The highest BCUT2D eigenvalue weighted by molar-refractivity contribution is 6.12. The van der Waals surface area contributed by atoms with Gasteiger partial charge in [0.15, 0.2) is 0 Å². The van der Waals surface area contributed by atoms with Gasteiger partial charge in [0.05, 0.1) is 22.7 Å². The van der Waals surface area contributed by atoms with Crippen molar-refractivity contribution in [1.29, 1.82) is 0 Å². The molecule has 2 atom stereocenters. The summed E-state index contributed by atoms with van der Waals surface area (Å²) in [4.78, 5) is 18.1. The molecule has 0 fully saturated rings. The first-order valence-corrected chi connectivity index (χ1v) is 10.5. The van der Waals surface area contributed by atoms with E-state index in [1.165, 1.54) is 0 Å². The van der Waals surface area contributed by atoms with Crippen LogP contribution in [-0.2, 0) is 16.6 Å². The number of rotatable bonds is 1. The summed E-state index contributed by atoms with van der Waals surface area (Å²) >= 11 is 0. The summed E-state index contributed by atoms with van der Waals surface area (Å²) in [5.74, 6) is -1.14. The number of carbonyl (C=O) groups is 1. The number of hydrogen-bond donors (Lipinski definition) is 3. The number of nitrogens with zero attached hydrogens (tertiary/aromatic N) is 2. The van der Waals surface area contributed by atoms with Crippen molar-refractivity contribution < 1.29 is 23.1 Å². The van der Waals surface area contributed by atoms with Crippen LogP contribution in [0, 0.1) is 5.92 Å². The molecule has 9 heteroatoms. The second-order valence-electron chi connectivity index (χ2n) is 9.61. The van der Waals surface area contributed by atoms with E-state index in [1.54, 1.807) is 4.90 Å². The zero-order chi connectivity index (χ0) is 22.5. The molecule has 0 bridgehead atoms. The lowest BCUT2D eigenvalue weighted by Crippen LogP contribution is -2.58. The lowest BCUT2D eigenvalue weighted by atomic mass is 9.85. The molecular weight excluding hydrogens is 409 g/mol. The monoisotopic (exact) mass is 434 g/mol. The van der Waals surface area contributed by atoms with Crippen LogP contribution < -0.4 is 10.3 Å². The van der Waals surface area contributed by atoms with Crippen LogP contribution in [0.3, 0.4) is 0 Å². The summed E-state index contributed by atoms with van der Waals surface area (Å²) in [6, 6.07) is 3.90. The molecule has 1 amide bonds. The quantitative estimate of drug-likeness (QED) is 0.640. The highest BCUT2D eigenvalue weighted by Gasteiger charge is 2.63. The summed E-state index contributed by atoms with van der Waals surface area (Å²) < 4.78 is 40.8. The molecule has 2 aliphatic heterocycles. The van der Waals surface area contributed by atoms with Crippen molar-refractivity contribution in [1.82, 2.24) is 10.4 Å². The number of anilines is 1. The highest BCUT2D eigenvalue weighted by atomic mass is 19.4. The molecule has 0 saturated carbocycles. The van der Waals surface area contributed by atoms with Crippen LogP contribution >= 0.6 is 0 Å². The minimum Gasteiger partial charge on any atom is -0.362 e. The Labute approximate surface area is 177 Å². The lowest BCUT2D eigenvalue weighted by molar-refractivity contribution is -0.281. The van der Waals surface area contributed by atoms with Gasteiger partial charge in [0.2, 0.25) is 5.91 Å². The van der Waals surface area contributed by atoms with E-state index in [0.29, 0.717) is 18.5 Å². The van der Waals surface area contributed by atoms with Gasteiger partial charge in [0.25, 0.3) is 5.72 Å². The van der Waals surface area contributed by atoms with Crippen molar-refractivity contribution in [2.75, 3.05) is 4.90 Å². The zero-order valence-electron chi connectivity index (χ0n) is 17.8. The maximum Gasteiger partial charge on any atom is 0.438 e. The maximum absolute atomic E-state index is 13.6. The van der Waals surface area contributed by atoms with Gasteiger partial charge in [-0.1, -0.05) is 0 Å². The molecule has 5 rings (SSSR count). The first-order chi connectivity index (χ1) is 14.4. The molecule has 3 N–H and O–H groups in total. The van der Waals surface area contributed by atoms with Crippen molar-refractivity contribution >= 4 is 28.2 Å². The number of aromatic amines is 1. The zero-order valence-corrected chi connectivity index (χ0v) is 17.8. The normalized spacial score (nSPS) is 27.1. The first-order valence-electron chi connectivity index (χ1n) is 10.5. The van der Waals surface area contributed by atoms with Crippen LogP contribution in [0.2, 0.25) is 0 Å². The van der Waals surface area contributed by atoms with Crippen molar-refractivity contribution in [3.63, 3.8) is 0 Å². The average Bonchev–Trinajstić information content (AvgIpc) is 3.19. The van der Waals surface area contributed by atoms with E-state index in [1.807, 2.05) is 45.3 Å². The number of amides is 1. The minimum absolute atomic E-state index is 0.0161. The molecule has 1 aromatic carbocycles. The van der Waals surface area contributed by atoms with E-state index in [-0.39, 0.29) is 24.1 Å². The summed E-state index contributed by atoms with van der Waals surface area (Å²) in [6.07, 6.45) is -3.63. The molecule has 166 valence electrons. The second-order valence-corrected chi connectivity index (χ2v) is 9.61. The van der Waals surface area contributed by atoms with Gasteiger partial charge in [-0.2, -0.15) is 18.3 Å². The Hall–Kier alpha value is -2.55. The molecule has 31 heavy (non-hydrogen) atoms. The molecule has 0 saturated heterocycles. The third kappa shape index (κ3) is 2.49. The van der Waals surface area contributed by atoms with Crippen LogP contribution in [0.15, 0.2) is 17.2 Å². The largest absolute Gasteiger partial charge is 0.438 e. The number of nitrogens with one attached hydrogen (secondary N) is 2. The number of alkyl halides is 3. The average molecular weight is 434 g/mol. The summed E-state index contributed by atoms with van der Waals surface area (Å²) in [5.41, 5.74) is 2.33. The van der Waals surface area contributed by atoms with Crippen LogP contribution in [0.4, 0.5) is 18.9 Å². The number of H-pyrrole nitrogens is 1. The van der Waals surface area contributed by atoms with Gasteiger partial charge in [-0.3, -0.25) is 10.2 Å². The lowest BCUT2D eigenvalue weighted by Gasteiger charge is -2.31. The fourth-order valence-corrected chi connectivity index (χ4v) is 5.32. The summed E-state index contributed by atoms with van der Waals surface area (Å²) in [7, 11) is 0. The van der Waals surface area contributed by atoms with Crippen molar-refractivity contribution in [2.45, 2.75) is 70.3 Å². The first kappa shape index (κ1) is 20.4. The fourth-order valence-electron chi connectivity index (χ4n) is 5.32. The standard InChI is InChI=1S/C22H25F3N4O2/c1-10(2)29-16-8-12-11-6-5-7-13-18(27-28-21(13,31)22(23,24)25)17(11)26-15(12)9-14(16)20(3,4)19(29)30/h8-10,13,26,28,31H,5-7H2,1-4H3. The van der Waals surface area contributed by atoms with Crippen molar-refractivity contribution in [3.05, 3.63) is 29.0 Å². The van der Waals surface area contributed by atoms with Gasteiger partial charge in [0.1, 0.15) is 0 Å². The van der Waals surface area contributed by atoms with Crippen molar-refractivity contribution in [2.24, 2.45) is 11.0 Å². The van der Waals surface area contributed by atoms with E-state index >= 15 is 0 Å². The van der Waals surface area contributed by atoms with Gasteiger partial charge < -0.3 is 15.0 Å². The minimum atomic E-state index is -4.84. The van der Waals surface area contributed by atoms with E-state index < -0.39 is 23.2 Å². The van der Waals surface area contributed by atoms with Gasteiger partial charge in [-0.05, 0) is 70.2 Å². The number of aliphatic hydroxyl groups is 1. The number of aromatic nitrogens is 1. The van der Waals surface area contributed by atoms with E-state index in [9.17, 15) is 23.1 Å². The SMILES string of the molecule is CC(C)N1C(=O)C(C)(C)c2cc3[nH]c4c(c3cc21)CCCC1C4=NNC1(O)C(F)(F)F. The van der Waals surface area contributed by atoms with Gasteiger partial charge >= 0.3 is 6.18 Å². The molecule has 6 nitrogen and oxygen atoms in total. The Morgan fingerprint density at radius 2 is 2.00 bits per heavy atom. The number of benzene rings is 1. The molecule has 3 heterocycles. The number of hydrazone groups is 1. The maximum atomic E-state index is 13.6. The van der Waals surface area contributed by atoms with Crippen LogP contribution in [0.25, 0.3) is 10.9 Å². The number of aryl methyl sites for hydroxylation is 1. The van der Waals surface area contributed by atoms with Gasteiger partial charge in [-0.15, -0.1) is 0 Å². The predicted molar refractivity (Wildman–Crippen MR) is 111 cm³/mol. The Morgan fingerprint density at radius 1 is 1.29 bits per heavy atom. The number of fused-ring (bicyclic) bond motifs is 6. The van der Waals surface area contributed by atoms with Gasteiger partial charge in [0, 0.05) is 22.6 Å². The Kier molecular flexibility index (Phi) is 3.96. The number of carbonyl (C=O) groups excluding carboxylic acids is 1. The fraction of sp³-hybridized carbons (Fsp3) is 0.545. The number of hydrogen-bond acceptors (Lipinski definition) is 4. The van der Waals surface area contributed by atoms with E-state index in [0.717, 1.165) is 27.7 Å². The summed E-state index contributed by atoms with van der Waals surface area (Å²) in [6.45, 7) is 7.71. The number of halogens is 3. The third-order valence-electron chi connectivity index (χ3n) is 7.01. The topological polar surface area (TPSA) is 80.7 Å². The molecule has 2 aromatic rings. The third-order valence-corrected chi connectivity index (χ3v) is 7.01. The smallest absolute Gasteiger partial charge is 0.362 e. The van der Waals surface area contributed by atoms with E-state index in [4.69, 9.17) is 0 Å². The molecule has 0 spiro atoms. The Balaban J connectivity index is 1.69. The molecule has 0 radical (unpaired) electrons. The second kappa shape index (κ2) is 6.03. The molecule has 1 aliphatic carbocycles. The van der Waals surface area contributed by atoms with Crippen LogP contribution in [0.5, 0.6) is 0 Å². The van der Waals surface area contributed by atoms with Crippen molar-refractivity contribution in [3.8, 4) is 0 Å². The molecule has 1 aromatic heterocycles. The van der Waals surface area contributed by atoms with Gasteiger partial charge in [-0.25, -0.2) is 0 Å². The Bertz CT molecular complexity index is 1150.